The predicted octanol–water partition coefficient (Wildman–Crippen LogP) is 2.87. The topological polar surface area (TPSA) is 65.4 Å². The minimum Gasteiger partial charge on any atom is -0.357 e. The normalized spacial score (nSPS) is 15.8. The fourth-order valence-corrected chi connectivity index (χ4v) is 4.05. The van der Waals surface area contributed by atoms with Crippen LogP contribution in [-0.4, -0.2) is 48.1 Å². The highest BCUT2D eigenvalue weighted by Gasteiger charge is 2.20. The molecule has 0 radical (unpaired) electrons. The fraction of sp³-hybridized carbons (Fsp3) is 0.550. The second-order valence-corrected chi connectivity index (χ2v) is 7.88. The summed E-state index contributed by atoms with van der Waals surface area (Å²) in [6, 6.07) is 6.55. The van der Waals surface area contributed by atoms with Gasteiger partial charge < -0.3 is 15.5 Å². The maximum Gasteiger partial charge on any atom is 0.191 e. The Labute approximate surface area is 166 Å². The zero-order chi connectivity index (χ0) is 18.9. The molecular weight excluding hydrogens is 356 g/mol. The summed E-state index contributed by atoms with van der Waals surface area (Å²) in [6.45, 7) is 7.95. The van der Waals surface area contributed by atoms with Crippen LogP contribution < -0.4 is 15.5 Å². The number of aliphatic imine (C=N–C) groups is 1. The molecule has 0 aromatic carbocycles. The van der Waals surface area contributed by atoms with Gasteiger partial charge in [0.2, 0.25) is 0 Å². The molecule has 0 spiro atoms. The van der Waals surface area contributed by atoms with Gasteiger partial charge in [0, 0.05) is 55.9 Å². The summed E-state index contributed by atoms with van der Waals surface area (Å²) in [7, 11) is 0. The van der Waals surface area contributed by atoms with E-state index in [2.05, 4.69) is 51.5 Å². The maximum atomic E-state index is 4.75. The summed E-state index contributed by atoms with van der Waals surface area (Å²) < 4.78 is 0. The number of hydrogen-bond acceptors (Lipinski definition) is 5. The van der Waals surface area contributed by atoms with Gasteiger partial charge in [0.25, 0.3) is 0 Å². The molecule has 146 valence electrons. The Bertz CT molecular complexity index is 706. The van der Waals surface area contributed by atoms with Crippen molar-refractivity contribution in [1.82, 2.24) is 20.6 Å². The number of nitrogens with zero attached hydrogens (tertiary/aromatic N) is 4. The number of thiazole rings is 1. The van der Waals surface area contributed by atoms with Crippen molar-refractivity contribution >= 4 is 23.1 Å². The number of aromatic nitrogens is 2. The van der Waals surface area contributed by atoms with Crippen LogP contribution in [0.4, 0.5) is 5.82 Å². The molecule has 0 unspecified atom stereocenters. The van der Waals surface area contributed by atoms with E-state index in [1.54, 1.807) is 11.3 Å². The lowest BCUT2D eigenvalue weighted by Gasteiger charge is -2.33. The van der Waals surface area contributed by atoms with Gasteiger partial charge in [-0.3, -0.25) is 4.99 Å². The molecule has 6 nitrogen and oxygen atoms in total. The summed E-state index contributed by atoms with van der Waals surface area (Å²) >= 11 is 1.80. The molecule has 27 heavy (non-hydrogen) atoms. The second kappa shape index (κ2) is 10.3. The van der Waals surface area contributed by atoms with Crippen molar-refractivity contribution in [3.63, 3.8) is 0 Å². The monoisotopic (exact) mass is 386 g/mol. The van der Waals surface area contributed by atoms with Crippen LogP contribution in [0.5, 0.6) is 0 Å². The standard InChI is InChI=1S/C20H30N6S/c1-3-17-15-24-19(27-17)8-12-23-20(21-4-2)25-16-9-13-26(14-10-16)18-7-5-6-11-22-18/h5-7,11,15-16H,3-4,8-10,12-14H2,1-2H3,(H2,21,23,25). The summed E-state index contributed by atoms with van der Waals surface area (Å²) in [4.78, 5) is 17.4. The third-order valence-corrected chi connectivity index (χ3v) is 5.90. The molecule has 7 heteroatoms. The SMILES string of the molecule is CCNC(=NCCc1ncc(CC)s1)NC1CCN(c2ccccn2)CC1. The second-order valence-electron chi connectivity index (χ2n) is 6.68. The van der Waals surface area contributed by atoms with Crippen LogP contribution in [0.3, 0.4) is 0 Å². The zero-order valence-corrected chi connectivity index (χ0v) is 17.1. The van der Waals surface area contributed by atoms with E-state index in [4.69, 9.17) is 4.99 Å². The summed E-state index contributed by atoms with van der Waals surface area (Å²) in [5.74, 6) is 1.99. The van der Waals surface area contributed by atoms with E-state index in [0.29, 0.717) is 6.04 Å². The van der Waals surface area contributed by atoms with E-state index in [1.807, 2.05) is 18.5 Å². The lowest BCUT2D eigenvalue weighted by atomic mass is 10.1. The quantitative estimate of drug-likeness (QED) is 0.566. The third-order valence-electron chi connectivity index (χ3n) is 4.70. The maximum absolute atomic E-state index is 4.75. The molecule has 1 fully saturated rings. The van der Waals surface area contributed by atoms with Crippen molar-refractivity contribution in [2.75, 3.05) is 31.1 Å². The Morgan fingerprint density at radius 2 is 2.11 bits per heavy atom. The van der Waals surface area contributed by atoms with Gasteiger partial charge >= 0.3 is 0 Å². The average Bonchev–Trinajstić information content (AvgIpc) is 3.17. The lowest BCUT2D eigenvalue weighted by molar-refractivity contribution is 0.459. The molecule has 2 aromatic heterocycles. The van der Waals surface area contributed by atoms with Gasteiger partial charge in [0.1, 0.15) is 5.82 Å². The summed E-state index contributed by atoms with van der Waals surface area (Å²) in [6.07, 6.45) is 7.99. The summed E-state index contributed by atoms with van der Waals surface area (Å²) in [5, 5.41) is 8.15. The van der Waals surface area contributed by atoms with Gasteiger partial charge in [0.15, 0.2) is 5.96 Å². The van der Waals surface area contributed by atoms with E-state index >= 15 is 0 Å². The van der Waals surface area contributed by atoms with E-state index in [-0.39, 0.29) is 0 Å². The van der Waals surface area contributed by atoms with E-state index in [0.717, 1.165) is 63.6 Å². The molecule has 0 saturated carbocycles. The molecule has 0 amide bonds. The molecular formula is C20H30N6S. The Morgan fingerprint density at radius 1 is 1.26 bits per heavy atom. The van der Waals surface area contributed by atoms with Crippen molar-refractivity contribution in [3.8, 4) is 0 Å². The molecule has 2 aromatic rings. The van der Waals surface area contributed by atoms with Crippen LogP contribution in [0, 0.1) is 0 Å². The number of anilines is 1. The van der Waals surface area contributed by atoms with E-state index < -0.39 is 0 Å². The Kier molecular flexibility index (Phi) is 7.45. The summed E-state index contributed by atoms with van der Waals surface area (Å²) in [5.41, 5.74) is 0. The molecule has 2 N–H and O–H groups in total. The molecule has 1 saturated heterocycles. The number of hydrogen-bond donors (Lipinski definition) is 2. The van der Waals surface area contributed by atoms with E-state index in [9.17, 15) is 0 Å². The zero-order valence-electron chi connectivity index (χ0n) is 16.3. The molecule has 0 atom stereocenters. The Balaban J connectivity index is 1.47. The highest BCUT2D eigenvalue weighted by atomic mass is 32.1. The van der Waals surface area contributed by atoms with E-state index in [1.165, 1.54) is 9.88 Å². The minimum absolute atomic E-state index is 0.453. The highest BCUT2D eigenvalue weighted by Crippen LogP contribution is 2.17. The van der Waals surface area contributed by atoms with Crippen molar-refractivity contribution in [3.05, 3.63) is 40.5 Å². The fourth-order valence-electron chi connectivity index (χ4n) is 3.20. The number of rotatable bonds is 7. The van der Waals surface area contributed by atoms with Crippen molar-refractivity contribution in [2.45, 2.75) is 45.6 Å². The van der Waals surface area contributed by atoms with Crippen molar-refractivity contribution in [1.29, 1.82) is 0 Å². The Morgan fingerprint density at radius 3 is 2.78 bits per heavy atom. The smallest absolute Gasteiger partial charge is 0.191 e. The van der Waals surface area contributed by atoms with Crippen LogP contribution in [0.25, 0.3) is 0 Å². The van der Waals surface area contributed by atoms with Crippen LogP contribution in [0.2, 0.25) is 0 Å². The first-order chi connectivity index (χ1) is 13.3. The lowest BCUT2D eigenvalue weighted by Crippen LogP contribution is -2.49. The highest BCUT2D eigenvalue weighted by molar-refractivity contribution is 7.11. The van der Waals surface area contributed by atoms with Gasteiger partial charge in [-0.25, -0.2) is 9.97 Å². The first kappa shape index (κ1) is 19.6. The Hall–Kier alpha value is -2.15. The minimum atomic E-state index is 0.453. The molecule has 1 aliphatic rings. The molecule has 1 aliphatic heterocycles. The average molecular weight is 387 g/mol. The van der Waals surface area contributed by atoms with Gasteiger partial charge in [-0.05, 0) is 38.3 Å². The van der Waals surface area contributed by atoms with Crippen molar-refractivity contribution in [2.24, 2.45) is 4.99 Å². The van der Waals surface area contributed by atoms with Gasteiger partial charge in [-0.1, -0.05) is 13.0 Å². The molecule has 0 bridgehead atoms. The first-order valence-electron chi connectivity index (χ1n) is 9.93. The number of guanidine groups is 1. The van der Waals surface area contributed by atoms with Gasteiger partial charge in [0.05, 0.1) is 5.01 Å². The number of aryl methyl sites for hydroxylation is 1. The first-order valence-corrected chi connectivity index (χ1v) is 10.7. The predicted molar refractivity (Wildman–Crippen MR) is 114 cm³/mol. The van der Waals surface area contributed by atoms with Crippen LogP contribution in [0.1, 0.15) is 36.6 Å². The van der Waals surface area contributed by atoms with Gasteiger partial charge in [-0.15, -0.1) is 11.3 Å². The van der Waals surface area contributed by atoms with Crippen LogP contribution in [-0.2, 0) is 12.8 Å². The molecule has 3 heterocycles. The molecule has 0 aliphatic carbocycles. The van der Waals surface area contributed by atoms with Crippen LogP contribution in [0.15, 0.2) is 35.6 Å². The van der Waals surface area contributed by atoms with Crippen molar-refractivity contribution < 1.29 is 0 Å². The largest absolute Gasteiger partial charge is 0.357 e. The van der Waals surface area contributed by atoms with Gasteiger partial charge in [-0.2, -0.15) is 0 Å². The number of nitrogens with one attached hydrogen (secondary N) is 2. The molecule has 3 rings (SSSR count). The number of piperidine rings is 1. The van der Waals surface area contributed by atoms with Crippen LogP contribution >= 0.6 is 11.3 Å². The number of pyridine rings is 1. The third kappa shape index (κ3) is 5.92.